The Morgan fingerprint density at radius 2 is 2.22 bits per heavy atom. The maximum absolute atomic E-state index is 6.10. The van der Waals surface area contributed by atoms with Crippen LogP contribution in [0.2, 0.25) is 5.15 Å². The van der Waals surface area contributed by atoms with Crippen LogP contribution in [-0.2, 0) is 10.1 Å². The zero-order valence-electron chi connectivity index (χ0n) is 10.6. The molecule has 0 aromatic carbocycles. The number of pyridine rings is 1. The molecular formula is C13H15ClN3S-. The monoisotopic (exact) mass is 280 g/mol. The molecule has 2 aromatic rings. The number of hydrogen-bond donors (Lipinski definition) is 0. The first-order valence-electron chi connectivity index (χ1n) is 6.08. The Morgan fingerprint density at radius 1 is 1.44 bits per heavy atom. The van der Waals surface area contributed by atoms with E-state index in [9.17, 15) is 0 Å². The molecule has 1 aliphatic heterocycles. The molecule has 0 saturated carbocycles. The van der Waals surface area contributed by atoms with Crippen LogP contribution < -0.4 is 0 Å². The van der Waals surface area contributed by atoms with Crippen molar-refractivity contribution in [3.05, 3.63) is 17.5 Å². The lowest BCUT2D eigenvalue weighted by Crippen LogP contribution is -2.01. The van der Waals surface area contributed by atoms with Crippen LogP contribution in [0, 0.1) is 0 Å². The molecule has 0 spiro atoms. The lowest BCUT2D eigenvalue weighted by molar-refractivity contribution is 0.613. The zero-order chi connectivity index (χ0) is 12.9. The van der Waals surface area contributed by atoms with Crippen molar-refractivity contribution in [1.29, 1.82) is 0 Å². The summed E-state index contributed by atoms with van der Waals surface area (Å²) in [5, 5.41) is 3.91. The van der Waals surface area contributed by atoms with Gasteiger partial charge in [0.25, 0.3) is 0 Å². The van der Waals surface area contributed by atoms with E-state index in [4.69, 9.17) is 11.6 Å². The van der Waals surface area contributed by atoms with Crippen molar-refractivity contribution in [3.8, 4) is 0 Å². The van der Waals surface area contributed by atoms with Gasteiger partial charge < -0.3 is 14.6 Å². The van der Waals surface area contributed by atoms with E-state index in [-0.39, 0.29) is 10.1 Å². The summed E-state index contributed by atoms with van der Waals surface area (Å²) in [5.74, 6) is 0. The van der Waals surface area contributed by atoms with Crippen molar-refractivity contribution in [2.75, 3.05) is 0 Å². The molecule has 3 rings (SSSR count). The predicted octanol–water partition coefficient (Wildman–Crippen LogP) is 3.04. The second-order valence-corrected chi connectivity index (χ2v) is 6.85. The first kappa shape index (κ1) is 12.1. The lowest BCUT2D eigenvalue weighted by atomic mass is 10.3. The fraction of sp³-hybridized carbons (Fsp3) is 0.385. The number of aromatic nitrogens is 3. The highest BCUT2D eigenvalue weighted by atomic mass is 35.5. The van der Waals surface area contributed by atoms with Crippen LogP contribution in [-0.4, -0.2) is 24.8 Å². The third kappa shape index (κ3) is 1.84. The SMILES string of the molecule is CCC1=[S-](c2nc(Cl)cc3ncn(C(C)C)c23)=C1. The molecule has 0 unspecified atom stereocenters. The van der Waals surface area contributed by atoms with Crippen molar-refractivity contribution < 1.29 is 0 Å². The highest BCUT2D eigenvalue weighted by Crippen LogP contribution is 2.26. The summed E-state index contributed by atoms with van der Waals surface area (Å²) in [4.78, 5) is 10.5. The van der Waals surface area contributed by atoms with E-state index in [0.717, 1.165) is 22.5 Å². The Bertz CT molecular complexity index is 721. The number of halogens is 1. The molecule has 3 heterocycles. The largest absolute Gasteiger partial charge is 0.424 e. The van der Waals surface area contributed by atoms with Crippen molar-refractivity contribution >= 4 is 42.9 Å². The number of fused-ring (bicyclic) bond motifs is 1. The van der Waals surface area contributed by atoms with Crippen molar-refractivity contribution in [2.24, 2.45) is 0 Å². The molecule has 3 nitrogen and oxygen atoms in total. The van der Waals surface area contributed by atoms with Crippen molar-refractivity contribution in [2.45, 2.75) is 38.3 Å². The molecule has 0 radical (unpaired) electrons. The smallest absolute Gasteiger partial charge is 0.129 e. The molecule has 0 N–H and O–H groups in total. The molecule has 0 atom stereocenters. The number of hydrogen-bond acceptors (Lipinski definition) is 3. The Labute approximate surface area is 113 Å². The molecular weight excluding hydrogens is 266 g/mol. The predicted molar refractivity (Wildman–Crippen MR) is 79.9 cm³/mol. The average molecular weight is 281 g/mol. The summed E-state index contributed by atoms with van der Waals surface area (Å²) in [5.41, 5.74) is 2.08. The highest BCUT2D eigenvalue weighted by Gasteiger charge is 2.10. The second-order valence-electron chi connectivity index (χ2n) is 4.64. The molecule has 0 aliphatic carbocycles. The number of imidazole rings is 1. The van der Waals surface area contributed by atoms with Gasteiger partial charge in [-0.25, -0.2) is 10.4 Å². The van der Waals surface area contributed by atoms with E-state index >= 15 is 0 Å². The summed E-state index contributed by atoms with van der Waals surface area (Å²) in [6.07, 6.45) is 2.98. The average Bonchev–Trinajstić information content (AvgIpc) is 2.99. The van der Waals surface area contributed by atoms with Crippen LogP contribution in [0.1, 0.15) is 33.2 Å². The molecule has 0 fully saturated rings. The third-order valence-electron chi connectivity index (χ3n) is 3.08. The summed E-state index contributed by atoms with van der Waals surface area (Å²) in [7, 11) is 0.0785. The number of nitrogens with zero attached hydrogens (tertiary/aromatic N) is 3. The van der Waals surface area contributed by atoms with Gasteiger partial charge in [-0.1, -0.05) is 24.9 Å². The first-order valence-corrected chi connectivity index (χ1v) is 7.75. The fourth-order valence-corrected chi connectivity index (χ4v) is 4.12. The molecule has 0 saturated heterocycles. The maximum Gasteiger partial charge on any atom is 0.129 e. The van der Waals surface area contributed by atoms with Gasteiger partial charge in [0.15, 0.2) is 0 Å². The lowest BCUT2D eigenvalue weighted by Gasteiger charge is -2.13. The van der Waals surface area contributed by atoms with E-state index in [1.54, 1.807) is 0 Å². The van der Waals surface area contributed by atoms with Gasteiger partial charge in [-0.05, 0) is 18.9 Å². The quantitative estimate of drug-likeness (QED) is 0.491. The Morgan fingerprint density at radius 3 is 2.83 bits per heavy atom. The van der Waals surface area contributed by atoms with Crippen LogP contribution in [0.5, 0.6) is 0 Å². The van der Waals surface area contributed by atoms with Gasteiger partial charge in [-0.15, -0.1) is 0 Å². The van der Waals surface area contributed by atoms with Crippen LogP contribution in [0.15, 0.2) is 17.4 Å². The van der Waals surface area contributed by atoms with Gasteiger partial charge in [0.1, 0.15) is 5.15 Å². The molecule has 96 valence electrons. The van der Waals surface area contributed by atoms with Crippen molar-refractivity contribution in [3.63, 3.8) is 0 Å². The topological polar surface area (TPSA) is 30.7 Å². The Hall–Kier alpha value is -1.00. The van der Waals surface area contributed by atoms with Gasteiger partial charge in [0.05, 0.1) is 17.4 Å². The molecule has 1 aliphatic rings. The van der Waals surface area contributed by atoms with Gasteiger partial charge in [-0.2, -0.15) is 4.86 Å². The summed E-state index contributed by atoms with van der Waals surface area (Å²) in [6.45, 7) is 6.49. The molecule has 0 amide bonds. The summed E-state index contributed by atoms with van der Waals surface area (Å²) in [6, 6.07) is 2.22. The van der Waals surface area contributed by atoms with E-state index in [1.165, 1.54) is 4.86 Å². The van der Waals surface area contributed by atoms with Gasteiger partial charge >= 0.3 is 0 Å². The van der Waals surface area contributed by atoms with Gasteiger partial charge in [0.2, 0.25) is 0 Å². The van der Waals surface area contributed by atoms with E-state index < -0.39 is 0 Å². The van der Waals surface area contributed by atoms with Crippen LogP contribution in [0.3, 0.4) is 0 Å². The maximum atomic E-state index is 6.10. The summed E-state index contributed by atoms with van der Waals surface area (Å²) >= 11 is 6.10. The van der Waals surface area contributed by atoms with E-state index in [0.29, 0.717) is 11.2 Å². The van der Waals surface area contributed by atoms with Gasteiger partial charge in [-0.3, -0.25) is 4.98 Å². The Balaban J connectivity index is 2.32. The molecule has 0 bridgehead atoms. The minimum Gasteiger partial charge on any atom is -0.424 e. The summed E-state index contributed by atoms with van der Waals surface area (Å²) < 4.78 is 2.18. The Kier molecular flexibility index (Phi) is 2.87. The third-order valence-corrected chi connectivity index (χ3v) is 5.21. The van der Waals surface area contributed by atoms with Crippen LogP contribution in [0.25, 0.3) is 11.0 Å². The van der Waals surface area contributed by atoms with Gasteiger partial charge in [0, 0.05) is 12.1 Å². The van der Waals surface area contributed by atoms with Crippen LogP contribution >= 0.6 is 11.6 Å². The first-order chi connectivity index (χ1) is 8.61. The van der Waals surface area contributed by atoms with E-state index in [2.05, 4.69) is 40.7 Å². The van der Waals surface area contributed by atoms with Crippen LogP contribution in [0.4, 0.5) is 0 Å². The minimum absolute atomic E-state index is 0.0785. The fourth-order valence-electron chi connectivity index (χ4n) is 2.07. The normalized spacial score (nSPS) is 15.5. The molecule has 2 aromatic heterocycles. The molecule has 18 heavy (non-hydrogen) atoms. The zero-order valence-corrected chi connectivity index (χ0v) is 12.2. The second kappa shape index (κ2) is 4.28. The minimum atomic E-state index is 0.0785. The van der Waals surface area contributed by atoms with E-state index in [1.807, 2.05) is 12.4 Å². The molecule has 5 heteroatoms. The standard InChI is InChI=1S/C13H15ClN3S/c1-4-9-6-18(9)13-12-10(5-11(14)16-13)15-7-17(12)8(2)3/h5-8H,4H2,1-3H3/q-1. The van der Waals surface area contributed by atoms with Crippen molar-refractivity contribution in [1.82, 2.24) is 14.5 Å². The number of rotatable bonds is 3. The highest BCUT2D eigenvalue weighted by molar-refractivity contribution is 8.07.